The van der Waals surface area contributed by atoms with Crippen molar-refractivity contribution in [1.29, 1.82) is 0 Å². The normalized spacial score (nSPS) is 15.2. The summed E-state index contributed by atoms with van der Waals surface area (Å²) < 4.78 is 6.13. The second-order valence-corrected chi connectivity index (χ2v) is 4.13. The third-order valence-electron chi connectivity index (χ3n) is 1.21. The first-order valence-electron chi connectivity index (χ1n) is 3.36. The molecule has 0 bridgehead atoms. The molecule has 1 aromatic rings. The molecule has 2 heterocycles. The van der Waals surface area contributed by atoms with E-state index < -0.39 is 0 Å². The highest BCUT2D eigenvalue weighted by atomic mass is 32.2. The SMILES string of the molecule is C1=CSC(SCc2ncco2)=[N+]1. The van der Waals surface area contributed by atoms with Gasteiger partial charge in [-0.1, -0.05) is 0 Å². The number of nitrogens with zero attached hydrogens (tertiary/aromatic N) is 2. The van der Waals surface area contributed by atoms with Crippen LogP contribution in [0.2, 0.25) is 0 Å². The van der Waals surface area contributed by atoms with Gasteiger partial charge in [-0.25, -0.2) is 4.98 Å². The summed E-state index contributed by atoms with van der Waals surface area (Å²) in [5.74, 6) is 1.50. The zero-order chi connectivity index (χ0) is 8.23. The minimum atomic E-state index is 0.746. The van der Waals surface area contributed by atoms with Gasteiger partial charge in [0.1, 0.15) is 6.26 Å². The molecule has 0 atom stereocenters. The maximum atomic E-state index is 5.08. The molecule has 0 amide bonds. The third kappa shape index (κ3) is 1.92. The molecular weight excluding hydrogens is 192 g/mol. The van der Waals surface area contributed by atoms with Crippen molar-refractivity contribution in [2.75, 3.05) is 0 Å². The van der Waals surface area contributed by atoms with Gasteiger partial charge in [-0.15, -0.1) is 0 Å². The minimum Gasteiger partial charge on any atom is -0.448 e. The number of thioether (sulfide) groups is 2. The van der Waals surface area contributed by atoms with E-state index in [2.05, 4.69) is 9.98 Å². The molecule has 3 nitrogen and oxygen atoms in total. The fraction of sp³-hybridized carbons (Fsp3) is 0.143. The lowest BCUT2D eigenvalue weighted by Crippen LogP contribution is -1.89. The molecule has 2 rings (SSSR count). The lowest BCUT2D eigenvalue weighted by molar-refractivity contribution is 0.517. The van der Waals surface area contributed by atoms with E-state index in [0.29, 0.717) is 0 Å². The molecular formula is C7H6N2OS2+. The highest BCUT2D eigenvalue weighted by Crippen LogP contribution is 2.22. The largest absolute Gasteiger partial charge is 0.448 e. The van der Waals surface area contributed by atoms with E-state index in [1.54, 1.807) is 42.2 Å². The summed E-state index contributed by atoms with van der Waals surface area (Å²) >= 11 is 3.26. The molecule has 0 fully saturated rings. The van der Waals surface area contributed by atoms with Crippen molar-refractivity contribution in [3.8, 4) is 0 Å². The van der Waals surface area contributed by atoms with Gasteiger partial charge in [0.2, 0.25) is 5.89 Å². The maximum absolute atomic E-state index is 5.08. The van der Waals surface area contributed by atoms with Crippen LogP contribution in [0.3, 0.4) is 0 Å². The predicted molar refractivity (Wildman–Crippen MR) is 51.7 cm³/mol. The Morgan fingerprint density at radius 2 is 2.67 bits per heavy atom. The molecule has 0 saturated carbocycles. The number of oxazole rings is 1. The molecule has 0 aliphatic carbocycles. The molecule has 1 aromatic heterocycles. The van der Waals surface area contributed by atoms with Crippen molar-refractivity contribution in [2.45, 2.75) is 5.75 Å². The summed E-state index contributed by atoms with van der Waals surface area (Å²) in [5.41, 5.74) is 0. The predicted octanol–water partition coefficient (Wildman–Crippen LogP) is 1.82. The Hall–Kier alpha value is -0.680. The zero-order valence-electron chi connectivity index (χ0n) is 6.14. The number of aliphatic imine (C=N–C) groups is 1. The van der Waals surface area contributed by atoms with Gasteiger partial charge < -0.3 is 4.42 Å². The van der Waals surface area contributed by atoms with Crippen molar-refractivity contribution in [2.24, 2.45) is 0 Å². The van der Waals surface area contributed by atoms with Gasteiger partial charge in [-0.2, -0.15) is 0 Å². The number of rotatable bonds is 2. The van der Waals surface area contributed by atoms with Crippen LogP contribution in [0.4, 0.5) is 0 Å². The highest BCUT2D eigenvalue weighted by Gasteiger charge is 2.16. The van der Waals surface area contributed by atoms with Crippen LogP contribution in [-0.4, -0.2) is 9.36 Å². The average Bonchev–Trinajstić information content (AvgIpc) is 2.74. The first kappa shape index (κ1) is 7.94. The van der Waals surface area contributed by atoms with Gasteiger partial charge in [-0.3, -0.25) is 0 Å². The second-order valence-electron chi connectivity index (χ2n) is 2.01. The molecule has 12 heavy (non-hydrogen) atoms. The van der Waals surface area contributed by atoms with E-state index in [1.807, 2.05) is 5.41 Å². The molecule has 0 N–H and O–H groups in total. The van der Waals surface area contributed by atoms with E-state index >= 15 is 0 Å². The van der Waals surface area contributed by atoms with Crippen LogP contribution < -0.4 is 4.99 Å². The standard InChI is InChI=1S/C7H6N2OS2/c1-3-10-6(8-1)5-12-7-9-2-4-11-7/h1-4H,5H2/q+1. The van der Waals surface area contributed by atoms with E-state index in [-0.39, 0.29) is 0 Å². The summed E-state index contributed by atoms with van der Waals surface area (Å²) in [4.78, 5) is 8.13. The number of hydrogen-bond acceptors (Lipinski definition) is 5. The smallest absolute Gasteiger partial charge is 0.350 e. The lowest BCUT2D eigenvalue weighted by Gasteiger charge is -1.87. The number of aromatic nitrogens is 1. The zero-order valence-corrected chi connectivity index (χ0v) is 7.77. The highest BCUT2D eigenvalue weighted by molar-refractivity contribution is 8.39. The van der Waals surface area contributed by atoms with Crippen molar-refractivity contribution in [3.05, 3.63) is 30.0 Å². The number of hydrogen-bond donors (Lipinski definition) is 0. The third-order valence-corrected chi connectivity index (χ3v) is 3.16. The molecule has 0 saturated heterocycles. The van der Waals surface area contributed by atoms with Crippen molar-refractivity contribution in [3.63, 3.8) is 0 Å². The lowest BCUT2D eigenvalue weighted by atomic mass is 10.8. The summed E-state index contributed by atoms with van der Waals surface area (Å²) in [6, 6.07) is 0. The van der Waals surface area contributed by atoms with Crippen LogP contribution >= 0.6 is 23.5 Å². The van der Waals surface area contributed by atoms with Gasteiger partial charge in [-0.05, 0) is 23.5 Å². The Morgan fingerprint density at radius 1 is 1.67 bits per heavy atom. The van der Waals surface area contributed by atoms with Crippen molar-refractivity contribution in [1.82, 2.24) is 9.98 Å². The average molecular weight is 198 g/mol. The van der Waals surface area contributed by atoms with E-state index in [1.165, 1.54) is 0 Å². The van der Waals surface area contributed by atoms with E-state index in [0.717, 1.165) is 16.0 Å². The Morgan fingerprint density at radius 3 is 3.33 bits per heavy atom. The van der Waals surface area contributed by atoms with Crippen molar-refractivity contribution < 1.29 is 4.42 Å². The van der Waals surface area contributed by atoms with Gasteiger partial charge in [0.15, 0.2) is 0 Å². The molecule has 1 radical (unpaired) electrons. The molecule has 1 aliphatic heterocycles. The first-order chi connectivity index (χ1) is 5.95. The molecule has 5 heteroatoms. The van der Waals surface area contributed by atoms with Gasteiger partial charge in [0, 0.05) is 0 Å². The summed E-state index contributed by atoms with van der Waals surface area (Å²) in [6.07, 6.45) is 5.03. The van der Waals surface area contributed by atoms with Gasteiger partial charge in [0.25, 0.3) is 6.20 Å². The fourth-order valence-electron chi connectivity index (χ4n) is 0.729. The molecule has 0 unspecified atom stereocenters. The van der Waals surface area contributed by atoms with Crippen LogP contribution in [0.25, 0.3) is 0 Å². The topological polar surface area (TPSA) is 40.1 Å². The van der Waals surface area contributed by atoms with E-state index in [9.17, 15) is 0 Å². The first-order valence-corrected chi connectivity index (χ1v) is 5.22. The van der Waals surface area contributed by atoms with Crippen LogP contribution in [0, 0.1) is 0 Å². The monoisotopic (exact) mass is 198 g/mol. The quantitative estimate of drug-likeness (QED) is 0.726. The van der Waals surface area contributed by atoms with Crippen LogP contribution in [-0.2, 0) is 5.75 Å². The molecule has 0 spiro atoms. The fourth-order valence-corrected chi connectivity index (χ4v) is 2.23. The van der Waals surface area contributed by atoms with Crippen LogP contribution in [0.1, 0.15) is 5.89 Å². The molecule has 1 aliphatic rings. The molecule has 61 valence electrons. The maximum Gasteiger partial charge on any atom is 0.350 e. The van der Waals surface area contributed by atoms with Gasteiger partial charge in [0.05, 0.1) is 22.4 Å². The Bertz CT molecular complexity index is 305. The van der Waals surface area contributed by atoms with Gasteiger partial charge >= 0.3 is 4.38 Å². The Balaban J connectivity index is 1.83. The van der Waals surface area contributed by atoms with E-state index in [4.69, 9.17) is 4.42 Å². The Kier molecular flexibility index (Phi) is 2.53. The minimum absolute atomic E-state index is 0.746. The van der Waals surface area contributed by atoms with Crippen LogP contribution in [0.5, 0.6) is 0 Å². The summed E-state index contributed by atoms with van der Waals surface area (Å²) in [6.45, 7) is 0. The molecule has 0 aromatic carbocycles. The summed E-state index contributed by atoms with van der Waals surface area (Å²) in [7, 11) is 0. The summed E-state index contributed by atoms with van der Waals surface area (Å²) in [5, 5.41) is 1.96. The second kappa shape index (κ2) is 3.82. The van der Waals surface area contributed by atoms with Crippen LogP contribution in [0.15, 0.2) is 28.5 Å². The van der Waals surface area contributed by atoms with Crippen molar-refractivity contribution >= 4 is 27.9 Å². The Labute approximate surface area is 78.4 Å².